The number of methoxy groups -OCH3 is 1. The average molecular weight is 393 g/mol. The summed E-state index contributed by atoms with van der Waals surface area (Å²) in [6.07, 6.45) is 0. The van der Waals surface area contributed by atoms with Crippen LogP contribution in [-0.2, 0) is 10.0 Å². The van der Waals surface area contributed by atoms with E-state index in [1.165, 1.54) is 12.1 Å². The SMILES string of the molecule is COc1cccc(C(CNS(=O)(=O)c2ccc(C)c([N+](=O)[O-])c2)N(C)C)c1. The van der Waals surface area contributed by atoms with Gasteiger partial charge in [0.05, 0.1) is 16.9 Å². The molecule has 9 heteroatoms. The van der Waals surface area contributed by atoms with E-state index in [4.69, 9.17) is 4.74 Å². The summed E-state index contributed by atoms with van der Waals surface area (Å²) in [5.41, 5.74) is 1.06. The fourth-order valence-corrected chi connectivity index (χ4v) is 3.73. The van der Waals surface area contributed by atoms with E-state index in [9.17, 15) is 18.5 Å². The molecule has 0 saturated heterocycles. The largest absolute Gasteiger partial charge is 0.497 e. The van der Waals surface area contributed by atoms with Gasteiger partial charge in [0.1, 0.15) is 5.75 Å². The van der Waals surface area contributed by atoms with E-state index in [1.54, 1.807) is 14.0 Å². The van der Waals surface area contributed by atoms with Gasteiger partial charge in [0.2, 0.25) is 10.0 Å². The van der Waals surface area contributed by atoms with Crippen LogP contribution in [0.4, 0.5) is 5.69 Å². The molecule has 0 heterocycles. The number of sulfonamides is 1. The van der Waals surface area contributed by atoms with Crippen LogP contribution in [0.3, 0.4) is 0 Å². The maximum atomic E-state index is 12.6. The second kappa shape index (κ2) is 8.47. The van der Waals surface area contributed by atoms with Crippen molar-refractivity contribution in [3.8, 4) is 5.75 Å². The highest BCUT2D eigenvalue weighted by molar-refractivity contribution is 7.89. The molecule has 0 aliphatic rings. The van der Waals surface area contributed by atoms with Crippen LogP contribution < -0.4 is 9.46 Å². The predicted octanol–water partition coefficient (Wildman–Crippen LogP) is 2.49. The van der Waals surface area contributed by atoms with Gasteiger partial charge in [-0.25, -0.2) is 13.1 Å². The number of aryl methyl sites for hydroxylation is 1. The zero-order valence-corrected chi connectivity index (χ0v) is 16.5. The van der Waals surface area contributed by atoms with Gasteiger partial charge in [-0.2, -0.15) is 0 Å². The first-order chi connectivity index (χ1) is 12.7. The first-order valence-corrected chi connectivity index (χ1v) is 9.69. The number of nitro benzene ring substituents is 1. The maximum Gasteiger partial charge on any atom is 0.273 e. The Morgan fingerprint density at radius 2 is 1.93 bits per heavy atom. The molecule has 146 valence electrons. The van der Waals surface area contributed by atoms with Crippen LogP contribution in [0.1, 0.15) is 17.2 Å². The van der Waals surface area contributed by atoms with Crippen molar-refractivity contribution >= 4 is 15.7 Å². The Morgan fingerprint density at radius 1 is 1.22 bits per heavy atom. The van der Waals surface area contributed by atoms with Gasteiger partial charge in [-0.3, -0.25) is 10.1 Å². The summed E-state index contributed by atoms with van der Waals surface area (Å²) in [6.45, 7) is 1.66. The van der Waals surface area contributed by atoms with Gasteiger partial charge < -0.3 is 9.64 Å². The quantitative estimate of drug-likeness (QED) is 0.546. The molecule has 8 nitrogen and oxygen atoms in total. The van der Waals surface area contributed by atoms with Gasteiger partial charge in [0, 0.05) is 24.2 Å². The molecule has 2 aromatic rings. The minimum absolute atomic E-state index is 0.101. The minimum Gasteiger partial charge on any atom is -0.497 e. The number of hydrogen-bond donors (Lipinski definition) is 1. The molecule has 1 N–H and O–H groups in total. The molecule has 0 aromatic heterocycles. The third-order valence-corrected chi connectivity index (χ3v) is 5.68. The molecule has 0 spiro atoms. The van der Waals surface area contributed by atoms with Gasteiger partial charge >= 0.3 is 0 Å². The highest BCUT2D eigenvalue weighted by atomic mass is 32.2. The fourth-order valence-electron chi connectivity index (χ4n) is 2.67. The van der Waals surface area contributed by atoms with Crippen molar-refractivity contribution in [2.45, 2.75) is 17.9 Å². The van der Waals surface area contributed by atoms with E-state index in [1.807, 2.05) is 43.3 Å². The minimum atomic E-state index is -3.90. The molecule has 1 unspecified atom stereocenters. The molecular formula is C18H23N3O5S. The van der Waals surface area contributed by atoms with Crippen LogP contribution in [0.25, 0.3) is 0 Å². The average Bonchev–Trinajstić information content (AvgIpc) is 2.61. The zero-order chi connectivity index (χ0) is 20.2. The van der Waals surface area contributed by atoms with E-state index in [0.717, 1.165) is 11.6 Å². The number of hydrogen-bond acceptors (Lipinski definition) is 6. The number of rotatable bonds is 8. The van der Waals surface area contributed by atoms with Crippen molar-refractivity contribution in [1.29, 1.82) is 0 Å². The second-order valence-electron chi connectivity index (χ2n) is 6.31. The molecule has 0 bridgehead atoms. The molecule has 0 aliphatic carbocycles. The predicted molar refractivity (Wildman–Crippen MR) is 102 cm³/mol. The molecule has 1 atom stereocenters. The summed E-state index contributed by atoms with van der Waals surface area (Å²) in [5, 5.41) is 11.1. The van der Waals surface area contributed by atoms with E-state index < -0.39 is 14.9 Å². The van der Waals surface area contributed by atoms with Gasteiger partial charge in [-0.1, -0.05) is 18.2 Å². The van der Waals surface area contributed by atoms with Crippen molar-refractivity contribution in [2.24, 2.45) is 0 Å². The van der Waals surface area contributed by atoms with Crippen LogP contribution in [0.2, 0.25) is 0 Å². The Balaban J connectivity index is 2.26. The molecule has 2 rings (SSSR count). The molecule has 0 aliphatic heterocycles. The van der Waals surface area contributed by atoms with Gasteiger partial charge in [0.15, 0.2) is 0 Å². The summed E-state index contributed by atoms with van der Waals surface area (Å²) in [4.78, 5) is 12.2. The van der Waals surface area contributed by atoms with Crippen molar-refractivity contribution in [2.75, 3.05) is 27.7 Å². The Kier molecular flexibility index (Phi) is 6.53. The first-order valence-electron chi connectivity index (χ1n) is 8.21. The van der Waals surface area contributed by atoms with Crippen molar-refractivity contribution in [3.05, 3.63) is 63.7 Å². The lowest BCUT2D eigenvalue weighted by molar-refractivity contribution is -0.385. The third-order valence-electron chi connectivity index (χ3n) is 4.26. The van der Waals surface area contributed by atoms with Crippen LogP contribution in [-0.4, -0.2) is 46.0 Å². The first kappa shape index (κ1) is 20.8. The number of benzene rings is 2. The van der Waals surface area contributed by atoms with Crippen LogP contribution in [0.5, 0.6) is 5.75 Å². The summed E-state index contributed by atoms with van der Waals surface area (Å²) in [6, 6.07) is 11.0. The van der Waals surface area contributed by atoms with E-state index in [0.29, 0.717) is 11.3 Å². The maximum absolute atomic E-state index is 12.6. The van der Waals surface area contributed by atoms with Gasteiger partial charge in [-0.15, -0.1) is 0 Å². The highest BCUT2D eigenvalue weighted by Gasteiger charge is 2.22. The molecule has 2 aromatic carbocycles. The number of nitro groups is 1. The molecular weight excluding hydrogens is 370 g/mol. The molecule has 0 radical (unpaired) electrons. The summed E-state index contributed by atoms with van der Waals surface area (Å²) in [5.74, 6) is 0.677. The van der Waals surface area contributed by atoms with Crippen molar-refractivity contribution < 1.29 is 18.1 Å². The standard InChI is InChI=1S/C18H23N3O5S/c1-13-8-9-16(11-17(13)21(22)23)27(24,25)19-12-18(20(2)3)14-6-5-7-15(10-14)26-4/h5-11,18-19H,12H2,1-4H3. The molecule has 0 amide bonds. The Bertz CT molecular complexity index is 928. The molecule has 0 saturated carbocycles. The summed E-state index contributed by atoms with van der Waals surface area (Å²) < 4.78 is 33.0. The Labute approximate surface area is 159 Å². The van der Waals surface area contributed by atoms with Crippen molar-refractivity contribution in [3.63, 3.8) is 0 Å². The summed E-state index contributed by atoms with van der Waals surface area (Å²) >= 11 is 0. The van der Waals surface area contributed by atoms with Crippen LogP contribution in [0, 0.1) is 17.0 Å². The normalized spacial score (nSPS) is 12.8. The number of ether oxygens (including phenoxy) is 1. The van der Waals surface area contributed by atoms with E-state index >= 15 is 0 Å². The lowest BCUT2D eigenvalue weighted by Gasteiger charge is -2.25. The zero-order valence-electron chi connectivity index (χ0n) is 15.7. The number of likely N-dealkylation sites (N-methyl/N-ethyl adjacent to an activating group) is 1. The van der Waals surface area contributed by atoms with E-state index in [-0.39, 0.29) is 23.2 Å². The Morgan fingerprint density at radius 3 is 2.52 bits per heavy atom. The fraction of sp³-hybridized carbons (Fsp3) is 0.333. The van der Waals surface area contributed by atoms with Crippen molar-refractivity contribution in [1.82, 2.24) is 9.62 Å². The van der Waals surface area contributed by atoms with Gasteiger partial charge in [-0.05, 0) is 44.8 Å². The highest BCUT2D eigenvalue weighted by Crippen LogP contribution is 2.24. The second-order valence-corrected chi connectivity index (χ2v) is 8.08. The smallest absolute Gasteiger partial charge is 0.273 e. The van der Waals surface area contributed by atoms with Crippen LogP contribution in [0.15, 0.2) is 47.4 Å². The van der Waals surface area contributed by atoms with E-state index in [2.05, 4.69) is 4.72 Å². The molecule has 0 fully saturated rings. The third kappa shape index (κ3) is 5.03. The molecule has 27 heavy (non-hydrogen) atoms. The van der Waals surface area contributed by atoms with Crippen LogP contribution >= 0.6 is 0 Å². The van der Waals surface area contributed by atoms with Gasteiger partial charge in [0.25, 0.3) is 5.69 Å². The lowest BCUT2D eigenvalue weighted by Crippen LogP contribution is -2.34. The monoisotopic (exact) mass is 393 g/mol. The number of nitrogens with one attached hydrogen (secondary N) is 1. The summed E-state index contributed by atoms with van der Waals surface area (Å²) in [7, 11) is 1.35. The Hall–Kier alpha value is -2.49. The topological polar surface area (TPSA) is 102 Å². The number of nitrogens with zero attached hydrogens (tertiary/aromatic N) is 2. The lowest BCUT2D eigenvalue weighted by atomic mass is 10.1.